The summed E-state index contributed by atoms with van der Waals surface area (Å²) < 4.78 is 5.17. The van der Waals surface area contributed by atoms with E-state index < -0.39 is 0 Å². The maximum absolute atomic E-state index is 12.3. The Morgan fingerprint density at radius 1 is 1.29 bits per heavy atom. The molecule has 0 N–H and O–H groups in total. The van der Waals surface area contributed by atoms with Crippen molar-refractivity contribution in [2.24, 2.45) is 5.92 Å². The fourth-order valence-corrected chi connectivity index (χ4v) is 3.13. The molecule has 0 aromatic heterocycles. The largest absolute Gasteiger partial charge is 0.497 e. The van der Waals surface area contributed by atoms with Crippen LogP contribution < -0.4 is 4.74 Å². The zero-order chi connectivity index (χ0) is 15.2. The van der Waals surface area contributed by atoms with Crippen molar-refractivity contribution in [3.05, 3.63) is 29.8 Å². The summed E-state index contributed by atoms with van der Waals surface area (Å²) in [6.07, 6.45) is 7.05. The van der Waals surface area contributed by atoms with E-state index in [9.17, 15) is 4.79 Å². The second-order valence-corrected chi connectivity index (χ2v) is 6.14. The zero-order valence-electron chi connectivity index (χ0n) is 13.5. The van der Waals surface area contributed by atoms with Crippen LogP contribution in [0.3, 0.4) is 0 Å². The second-order valence-electron chi connectivity index (χ2n) is 6.14. The van der Waals surface area contributed by atoms with Gasteiger partial charge in [0, 0.05) is 13.5 Å². The summed E-state index contributed by atoms with van der Waals surface area (Å²) in [6.45, 7) is 2.08. The van der Waals surface area contributed by atoms with E-state index in [4.69, 9.17) is 4.74 Å². The molecule has 1 saturated carbocycles. The monoisotopic (exact) mass is 289 g/mol. The van der Waals surface area contributed by atoms with E-state index >= 15 is 0 Å². The maximum atomic E-state index is 12.3. The highest BCUT2D eigenvalue weighted by atomic mass is 16.5. The summed E-state index contributed by atoms with van der Waals surface area (Å²) in [4.78, 5) is 14.2. The quantitative estimate of drug-likeness (QED) is 0.786. The van der Waals surface area contributed by atoms with Crippen molar-refractivity contribution in [2.45, 2.75) is 51.5 Å². The van der Waals surface area contributed by atoms with Gasteiger partial charge in [0.1, 0.15) is 5.75 Å². The molecule has 0 heterocycles. The van der Waals surface area contributed by atoms with Gasteiger partial charge in [0.25, 0.3) is 0 Å². The molecule has 1 atom stereocenters. The lowest BCUT2D eigenvalue weighted by atomic mass is 10.0. The van der Waals surface area contributed by atoms with Gasteiger partial charge in [0.05, 0.1) is 13.2 Å². The number of hydrogen-bond acceptors (Lipinski definition) is 2. The number of nitrogens with zero attached hydrogens (tertiary/aromatic N) is 1. The van der Waals surface area contributed by atoms with E-state index in [1.54, 1.807) is 7.11 Å². The minimum Gasteiger partial charge on any atom is -0.497 e. The standard InChI is InChI=1S/C18H27NO2/c1-14(16-9-11-17(21-3)12-10-16)19(2)18(20)13-8-15-6-4-5-7-15/h9-12,14-15H,4-8,13H2,1-3H3. The third kappa shape index (κ3) is 4.23. The van der Waals surface area contributed by atoms with E-state index in [1.807, 2.05) is 36.2 Å². The van der Waals surface area contributed by atoms with Crippen molar-refractivity contribution >= 4 is 5.91 Å². The average Bonchev–Trinajstić information content (AvgIpc) is 3.04. The molecule has 1 aliphatic carbocycles. The topological polar surface area (TPSA) is 29.5 Å². The van der Waals surface area contributed by atoms with Gasteiger partial charge in [0.2, 0.25) is 5.91 Å². The number of methoxy groups -OCH3 is 1. The molecule has 116 valence electrons. The number of carbonyl (C=O) groups excluding carboxylic acids is 1. The predicted octanol–water partition coefficient (Wildman–Crippen LogP) is 4.19. The minimum absolute atomic E-state index is 0.104. The third-order valence-electron chi connectivity index (χ3n) is 4.81. The van der Waals surface area contributed by atoms with E-state index in [1.165, 1.54) is 25.7 Å². The van der Waals surface area contributed by atoms with Crippen LogP contribution in [0.25, 0.3) is 0 Å². The van der Waals surface area contributed by atoms with Gasteiger partial charge in [-0.05, 0) is 37.0 Å². The summed E-state index contributed by atoms with van der Waals surface area (Å²) in [5.74, 6) is 1.88. The predicted molar refractivity (Wildman–Crippen MR) is 85.4 cm³/mol. The van der Waals surface area contributed by atoms with Gasteiger partial charge < -0.3 is 9.64 Å². The molecular formula is C18H27NO2. The van der Waals surface area contributed by atoms with E-state index in [-0.39, 0.29) is 11.9 Å². The molecule has 0 saturated heterocycles. The highest BCUT2D eigenvalue weighted by molar-refractivity contribution is 5.76. The van der Waals surface area contributed by atoms with Crippen LogP contribution in [-0.2, 0) is 4.79 Å². The summed E-state index contributed by atoms with van der Waals surface area (Å²) in [6, 6.07) is 8.06. The highest BCUT2D eigenvalue weighted by Crippen LogP contribution is 2.29. The van der Waals surface area contributed by atoms with E-state index in [2.05, 4.69) is 6.92 Å². The molecule has 1 amide bonds. The summed E-state index contributed by atoms with van der Waals surface area (Å²) in [5.41, 5.74) is 1.15. The SMILES string of the molecule is COc1ccc(C(C)N(C)C(=O)CCC2CCCC2)cc1. The minimum atomic E-state index is 0.104. The molecule has 2 rings (SSSR count). The average molecular weight is 289 g/mol. The molecule has 3 heteroatoms. The third-order valence-corrected chi connectivity index (χ3v) is 4.81. The Kier molecular flexibility index (Phi) is 5.66. The van der Waals surface area contributed by atoms with Gasteiger partial charge in [-0.15, -0.1) is 0 Å². The van der Waals surface area contributed by atoms with Crippen LogP contribution in [-0.4, -0.2) is 25.0 Å². The lowest BCUT2D eigenvalue weighted by Crippen LogP contribution is -2.29. The van der Waals surface area contributed by atoms with E-state index in [0.717, 1.165) is 23.7 Å². The first kappa shape index (κ1) is 15.9. The van der Waals surface area contributed by atoms with Crippen molar-refractivity contribution in [2.75, 3.05) is 14.2 Å². The van der Waals surface area contributed by atoms with Crippen molar-refractivity contribution < 1.29 is 9.53 Å². The number of amides is 1. The fourth-order valence-electron chi connectivity index (χ4n) is 3.13. The van der Waals surface area contributed by atoms with Gasteiger partial charge in [-0.1, -0.05) is 37.8 Å². The second kappa shape index (κ2) is 7.48. The smallest absolute Gasteiger partial charge is 0.222 e. The van der Waals surface area contributed by atoms with Crippen LogP contribution in [0.5, 0.6) is 5.75 Å². The molecule has 0 bridgehead atoms. The summed E-state index contributed by atoms with van der Waals surface area (Å²) >= 11 is 0. The lowest BCUT2D eigenvalue weighted by molar-refractivity contribution is -0.132. The number of ether oxygens (including phenoxy) is 1. The molecule has 21 heavy (non-hydrogen) atoms. The molecule has 1 aliphatic rings. The highest BCUT2D eigenvalue weighted by Gasteiger charge is 2.20. The first-order valence-corrected chi connectivity index (χ1v) is 8.01. The number of rotatable bonds is 6. The maximum Gasteiger partial charge on any atom is 0.222 e. The normalized spacial score (nSPS) is 16.7. The van der Waals surface area contributed by atoms with Crippen LogP contribution in [0.1, 0.15) is 57.1 Å². The van der Waals surface area contributed by atoms with Gasteiger partial charge >= 0.3 is 0 Å². The Balaban J connectivity index is 1.87. The Bertz CT molecular complexity index is 449. The molecule has 0 aliphatic heterocycles. The Morgan fingerprint density at radius 3 is 2.48 bits per heavy atom. The van der Waals surface area contributed by atoms with Crippen LogP contribution in [0.15, 0.2) is 24.3 Å². The van der Waals surface area contributed by atoms with Crippen molar-refractivity contribution in [3.63, 3.8) is 0 Å². The molecule has 1 aromatic carbocycles. The van der Waals surface area contributed by atoms with Crippen LogP contribution in [0, 0.1) is 5.92 Å². The summed E-state index contributed by atoms with van der Waals surface area (Å²) in [5, 5.41) is 0. The lowest BCUT2D eigenvalue weighted by Gasteiger charge is -2.26. The molecular weight excluding hydrogens is 262 g/mol. The van der Waals surface area contributed by atoms with Gasteiger partial charge in [-0.25, -0.2) is 0 Å². The van der Waals surface area contributed by atoms with Gasteiger partial charge in [0.15, 0.2) is 0 Å². The van der Waals surface area contributed by atoms with Crippen LogP contribution >= 0.6 is 0 Å². The molecule has 3 nitrogen and oxygen atoms in total. The fraction of sp³-hybridized carbons (Fsp3) is 0.611. The Labute approximate surface area is 128 Å². The Morgan fingerprint density at radius 2 is 1.90 bits per heavy atom. The van der Waals surface area contributed by atoms with E-state index in [0.29, 0.717) is 6.42 Å². The molecule has 1 aromatic rings. The van der Waals surface area contributed by atoms with Crippen molar-refractivity contribution in [3.8, 4) is 5.75 Å². The van der Waals surface area contributed by atoms with Gasteiger partial charge in [-0.2, -0.15) is 0 Å². The molecule has 1 fully saturated rings. The molecule has 0 radical (unpaired) electrons. The first-order valence-electron chi connectivity index (χ1n) is 8.01. The van der Waals surface area contributed by atoms with Gasteiger partial charge in [-0.3, -0.25) is 4.79 Å². The summed E-state index contributed by atoms with van der Waals surface area (Å²) in [7, 11) is 3.57. The molecule has 1 unspecified atom stereocenters. The number of hydrogen-bond donors (Lipinski definition) is 0. The number of benzene rings is 1. The van der Waals surface area contributed by atoms with Crippen molar-refractivity contribution in [1.82, 2.24) is 4.90 Å². The van der Waals surface area contributed by atoms with Crippen LogP contribution in [0.2, 0.25) is 0 Å². The number of carbonyl (C=O) groups is 1. The first-order chi connectivity index (χ1) is 10.1. The zero-order valence-corrected chi connectivity index (χ0v) is 13.5. The van der Waals surface area contributed by atoms with Crippen molar-refractivity contribution in [1.29, 1.82) is 0 Å². The Hall–Kier alpha value is -1.51. The van der Waals surface area contributed by atoms with Crippen LogP contribution in [0.4, 0.5) is 0 Å². The molecule has 0 spiro atoms.